The molecule has 118 valence electrons. The highest BCUT2D eigenvalue weighted by atomic mass is 16.5. The maximum atomic E-state index is 11.6. The van der Waals surface area contributed by atoms with Gasteiger partial charge in [0.1, 0.15) is 0 Å². The molecule has 1 saturated heterocycles. The van der Waals surface area contributed by atoms with E-state index in [1.165, 1.54) is 16.7 Å². The molecule has 0 aromatic heterocycles. The van der Waals surface area contributed by atoms with Crippen molar-refractivity contribution in [3.05, 3.63) is 47.5 Å². The van der Waals surface area contributed by atoms with Crippen LogP contribution in [0.2, 0.25) is 0 Å². The maximum absolute atomic E-state index is 11.6. The molecule has 0 unspecified atom stereocenters. The third-order valence-corrected chi connectivity index (χ3v) is 5.28. The van der Waals surface area contributed by atoms with Gasteiger partial charge in [0.2, 0.25) is 5.91 Å². The molecular weight excluding hydrogens is 274 g/mol. The quantitative estimate of drug-likeness (QED) is 0.799. The van der Waals surface area contributed by atoms with Crippen molar-refractivity contribution in [2.75, 3.05) is 19.7 Å². The molecule has 1 aromatic rings. The van der Waals surface area contributed by atoms with E-state index in [1.54, 1.807) is 6.92 Å². The largest absolute Gasteiger partial charge is 0.369 e. The standard InChI is InChI=1S/C19H25NO2/c1-4-11-22-18-13-19(7-9-20(10-8-19)15(3)21)17-12-14(2)5-6-16(17)18/h4-6,12,18H,1,7-11,13H2,2-3H3/t18-/m1/s1. The highest BCUT2D eigenvalue weighted by Crippen LogP contribution is 2.52. The number of benzene rings is 1. The number of carbonyl (C=O) groups is 1. The van der Waals surface area contributed by atoms with Crippen LogP contribution in [0.4, 0.5) is 0 Å². The zero-order chi connectivity index (χ0) is 15.7. The van der Waals surface area contributed by atoms with Crippen LogP contribution in [0.1, 0.15) is 49.0 Å². The Labute approximate surface area is 133 Å². The Bertz CT molecular complexity index is 585. The van der Waals surface area contributed by atoms with Gasteiger partial charge in [-0.15, -0.1) is 6.58 Å². The van der Waals surface area contributed by atoms with E-state index in [4.69, 9.17) is 4.74 Å². The maximum Gasteiger partial charge on any atom is 0.219 e. The van der Waals surface area contributed by atoms with Crippen molar-refractivity contribution in [2.24, 2.45) is 0 Å². The monoisotopic (exact) mass is 299 g/mol. The molecule has 0 saturated carbocycles. The highest BCUT2D eigenvalue weighted by molar-refractivity contribution is 5.73. The summed E-state index contributed by atoms with van der Waals surface area (Å²) in [4.78, 5) is 13.6. The third-order valence-electron chi connectivity index (χ3n) is 5.28. The first-order chi connectivity index (χ1) is 10.6. The lowest BCUT2D eigenvalue weighted by Gasteiger charge is -2.40. The number of fused-ring (bicyclic) bond motifs is 2. The van der Waals surface area contributed by atoms with Crippen LogP contribution in [-0.2, 0) is 14.9 Å². The zero-order valence-corrected chi connectivity index (χ0v) is 13.6. The molecule has 2 aliphatic rings. The second-order valence-corrected chi connectivity index (χ2v) is 6.69. The van der Waals surface area contributed by atoms with Gasteiger partial charge in [-0.2, -0.15) is 0 Å². The highest BCUT2D eigenvalue weighted by Gasteiger charge is 2.46. The van der Waals surface area contributed by atoms with E-state index in [9.17, 15) is 4.79 Å². The molecule has 1 aliphatic carbocycles. The van der Waals surface area contributed by atoms with E-state index in [0.717, 1.165) is 32.4 Å². The van der Waals surface area contributed by atoms with Gasteiger partial charge in [0.15, 0.2) is 0 Å². The van der Waals surface area contributed by atoms with Gasteiger partial charge in [-0.25, -0.2) is 0 Å². The molecule has 3 heteroatoms. The van der Waals surface area contributed by atoms with Crippen LogP contribution in [0.3, 0.4) is 0 Å². The van der Waals surface area contributed by atoms with Gasteiger partial charge >= 0.3 is 0 Å². The predicted octanol–water partition coefficient (Wildman–Crippen LogP) is 3.52. The molecule has 1 aromatic carbocycles. The molecule has 0 bridgehead atoms. The Morgan fingerprint density at radius 2 is 2.18 bits per heavy atom. The molecule has 1 amide bonds. The van der Waals surface area contributed by atoms with E-state index in [1.807, 2.05) is 11.0 Å². The fraction of sp³-hybridized carbons (Fsp3) is 0.526. The van der Waals surface area contributed by atoms with Gasteiger partial charge in [0.05, 0.1) is 12.7 Å². The van der Waals surface area contributed by atoms with Crippen molar-refractivity contribution in [3.63, 3.8) is 0 Å². The normalized spacial score (nSPS) is 22.6. The molecule has 3 rings (SSSR count). The first-order valence-electron chi connectivity index (χ1n) is 8.15. The molecule has 0 radical (unpaired) electrons. The lowest BCUT2D eigenvalue weighted by Crippen LogP contribution is -2.43. The Morgan fingerprint density at radius 3 is 2.82 bits per heavy atom. The summed E-state index contributed by atoms with van der Waals surface area (Å²) in [6.07, 6.45) is 5.09. The number of carbonyl (C=O) groups excluding carboxylic acids is 1. The molecular formula is C19H25NO2. The van der Waals surface area contributed by atoms with Crippen molar-refractivity contribution in [2.45, 2.75) is 44.6 Å². The fourth-order valence-electron chi connectivity index (χ4n) is 4.04. The minimum absolute atomic E-state index is 0.164. The second kappa shape index (κ2) is 5.88. The molecule has 1 fully saturated rings. The van der Waals surface area contributed by atoms with Crippen LogP contribution >= 0.6 is 0 Å². The SMILES string of the molecule is C=CCO[C@@H]1CC2(CCN(C(C)=O)CC2)c2cc(C)ccc21. The summed E-state index contributed by atoms with van der Waals surface area (Å²) in [5.41, 5.74) is 4.27. The summed E-state index contributed by atoms with van der Waals surface area (Å²) in [7, 11) is 0. The Balaban J connectivity index is 1.89. The van der Waals surface area contributed by atoms with Crippen LogP contribution < -0.4 is 0 Å². The van der Waals surface area contributed by atoms with Crippen LogP contribution in [0.5, 0.6) is 0 Å². The molecule has 1 atom stereocenters. The van der Waals surface area contributed by atoms with Crippen LogP contribution in [0.25, 0.3) is 0 Å². The van der Waals surface area contributed by atoms with Gasteiger partial charge < -0.3 is 9.64 Å². The summed E-state index contributed by atoms with van der Waals surface area (Å²) in [5.74, 6) is 0.191. The van der Waals surface area contributed by atoms with Crippen LogP contribution in [0, 0.1) is 6.92 Å². The first kappa shape index (κ1) is 15.3. The predicted molar refractivity (Wildman–Crippen MR) is 87.9 cm³/mol. The number of rotatable bonds is 3. The van der Waals surface area contributed by atoms with Gasteiger partial charge in [0, 0.05) is 25.4 Å². The Kier molecular flexibility index (Phi) is 4.09. The zero-order valence-electron chi connectivity index (χ0n) is 13.6. The van der Waals surface area contributed by atoms with E-state index in [-0.39, 0.29) is 17.4 Å². The van der Waals surface area contributed by atoms with Crippen LogP contribution in [0.15, 0.2) is 30.9 Å². The number of amides is 1. The summed E-state index contributed by atoms with van der Waals surface area (Å²) in [6, 6.07) is 6.73. The second-order valence-electron chi connectivity index (χ2n) is 6.69. The third kappa shape index (κ3) is 2.58. The van der Waals surface area contributed by atoms with E-state index in [0.29, 0.717) is 6.61 Å². The molecule has 22 heavy (non-hydrogen) atoms. The number of ether oxygens (including phenoxy) is 1. The molecule has 1 heterocycles. The summed E-state index contributed by atoms with van der Waals surface area (Å²) >= 11 is 0. The summed E-state index contributed by atoms with van der Waals surface area (Å²) in [5, 5.41) is 0. The molecule has 3 nitrogen and oxygen atoms in total. The topological polar surface area (TPSA) is 29.5 Å². The average Bonchev–Trinajstić information content (AvgIpc) is 2.79. The lowest BCUT2D eigenvalue weighted by atomic mass is 9.73. The smallest absolute Gasteiger partial charge is 0.219 e. The van der Waals surface area contributed by atoms with Crippen molar-refractivity contribution < 1.29 is 9.53 Å². The van der Waals surface area contributed by atoms with E-state index >= 15 is 0 Å². The minimum atomic E-state index is 0.164. The number of aryl methyl sites for hydroxylation is 1. The van der Waals surface area contributed by atoms with Crippen LogP contribution in [-0.4, -0.2) is 30.5 Å². The Hall–Kier alpha value is -1.61. The summed E-state index contributed by atoms with van der Waals surface area (Å²) < 4.78 is 6.02. The minimum Gasteiger partial charge on any atom is -0.369 e. The number of hydrogen-bond donors (Lipinski definition) is 0. The van der Waals surface area contributed by atoms with Crippen molar-refractivity contribution in [1.29, 1.82) is 0 Å². The van der Waals surface area contributed by atoms with Crippen molar-refractivity contribution in [3.8, 4) is 0 Å². The van der Waals surface area contributed by atoms with Gasteiger partial charge in [-0.05, 0) is 37.3 Å². The summed E-state index contributed by atoms with van der Waals surface area (Å²) in [6.45, 7) is 9.88. The first-order valence-corrected chi connectivity index (χ1v) is 8.15. The number of hydrogen-bond acceptors (Lipinski definition) is 2. The van der Waals surface area contributed by atoms with E-state index in [2.05, 4.69) is 31.7 Å². The number of likely N-dealkylation sites (tertiary alicyclic amines) is 1. The molecule has 1 spiro atoms. The fourth-order valence-corrected chi connectivity index (χ4v) is 4.04. The van der Waals surface area contributed by atoms with Gasteiger partial charge in [-0.1, -0.05) is 29.8 Å². The number of piperidine rings is 1. The molecule has 1 aliphatic heterocycles. The average molecular weight is 299 g/mol. The Morgan fingerprint density at radius 1 is 1.45 bits per heavy atom. The van der Waals surface area contributed by atoms with Gasteiger partial charge in [0.25, 0.3) is 0 Å². The van der Waals surface area contributed by atoms with Crippen molar-refractivity contribution in [1.82, 2.24) is 4.90 Å². The lowest BCUT2D eigenvalue weighted by molar-refractivity contribution is -0.130. The van der Waals surface area contributed by atoms with E-state index < -0.39 is 0 Å². The van der Waals surface area contributed by atoms with Crippen molar-refractivity contribution >= 4 is 5.91 Å². The number of nitrogens with zero attached hydrogens (tertiary/aromatic N) is 1. The van der Waals surface area contributed by atoms with Gasteiger partial charge in [-0.3, -0.25) is 4.79 Å². The molecule has 0 N–H and O–H groups in total.